The van der Waals surface area contributed by atoms with E-state index in [1.807, 2.05) is 27.2 Å². The number of phosphoric acid groups is 1. The summed E-state index contributed by atoms with van der Waals surface area (Å²) in [5, 5.41) is 13.9. The van der Waals surface area contributed by atoms with E-state index in [4.69, 9.17) is 9.05 Å². The number of rotatable bonds is 47. The topological polar surface area (TPSA) is 105 Å². The molecule has 3 N–H and O–H groups in total. The van der Waals surface area contributed by atoms with Gasteiger partial charge in [0.05, 0.1) is 39.9 Å². The SMILES string of the molecule is CCCCCC/C=C\C/C=C\CCCCCCCC(=O)NC(COP(=O)(O)OCC[N+](C)(C)C)C(O)/C=C/CCCCCCCCCCCCCCCCCCCCCCC. The number of nitrogens with zero attached hydrogens (tertiary/aromatic N) is 1. The van der Waals surface area contributed by atoms with E-state index >= 15 is 0 Å². The maximum atomic E-state index is 12.9. The second kappa shape index (κ2) is 43.9. The lowest BCUT2D eigenvalue weighted by atomic mass is 10.0. The third kappa shape index (κ3) is 46.5. The third-order valence-electron chi connectivity index (χ3n) is 11.6. The molecule has 3 unspecified atom stereocenters. The largest absolute Gasteiger partial charge is 0.472 e. The first kappa shape index (κ1) is 59.7. The molecule has 0 aliphatic carbocycles. The number of hydrogen-bond acceptors (Lipinski definition) is 5. The molecule has 61 heavy (non-hydrogen) atoms. The molecule has 0 saturated heterocycles. The summed E-state index contributed by atoms with van der Waals surface area (Å²) in [6.07, 6.45) is 55.1. The molecule has 3 atom stereocenters. The number of aliphatic hydroxyl groups excluding tert-OH is 1. The molecule has 0 radical (unpaired) electrons. The van der Waals surface area contributed by atoms with Crippen LogP contribution in [0.15, 0.2) is 36.5 Å². The van der Waals surface area contributed by atoms with Crippen LogP contribution in [-0.2, 0) is 18.4 Å². The molecule has 0 aliphatic heterocycles. The Bertz CT molecular complexity index is 1090. The number of quaternary nitrogens is 1. The summed E-state index contributed by atoms with van der Waals surface area (Å²) in [6, 6.07) is -0.853. The monoisotopic (exact) mass is 882 g/mol. The lowest BCUT2D eigenvalue weighted by Gasteiger charge is -2.25. The molecule has 0 aliphatic rings. The van der Waals surface area contributed by atoms with Crippen molar-refractivity contribution >= 4 is 13.7 Å². The quantitative estimate of drug-likeness (QED) is 0.0243. The first-order valence-corrected chi connectivity index (χ1v) is 27.4. The van der Waals surface area contributed by atoms with Gasteiger partial charge in [0.2, 0.25) is 5.91 Å². The molecule has 0 bridgehead atoms. The Labute approximate surface area is 378 Å². The number of carbonyl (C=O) groups excluding carboxylic acids is 1. The molecular weight excluding hydrogens is 780 g/mol. The fraction of sp³-hybridized carbons (Fsp3) is 0.865. The van der Waals surface area contributed by atoms with E-state index in [9.17, 15) is 19.4 Å². The Morgan fingerprint density at radius 2 is 0.934 bits per heavy atom. The van der Waals surface area contributed by atoms with Crippen LogP contribution in [0.1, 0.15) is 239 Å². The summed E-state index contributed by atoms with van der Waals surface area (Å²) >= 11 is 0. The van der Waals surface area contributed by atoms with Crippen LogP contribution < -0.4 is 5.32 Å². The average Bonchev–Trinajstić information content (AvgIpc) is 3.21. The summed E-state index contributed by atoms with van der Waals surface area (Å²) in [6.45, 7) is 4.80. The van der Waals surface area contributed by atoms with Crippen LogP contribution in [0.25, 0.3) is 0 Å². The fourth-order valence-corrected chi connectivity index (χ4v) is 8.22. The molecule has 0 aromatic carbocycles. The summed E-state index contributed by atoms with van der Waals surface area (Å²) in [4.78, 5) is 23.2. The third-order valence-corrected chi connectivity index (χ3v) is 12.6. The normalized spacial score (nSPS) is 14.4. The van der Waals surface area contributed by atoms with Gasteiger partial charge in [-0.1, -0.05) is 217 Å². The summed E-state index contributed by atoms with van der Waals surface area (Å²) < 4.78 is 23.6. The maximum Gasteiger partial charge on any atom is 0.472 e. The number of phosphoric ester groups is 1. The number of likely N-dealkylation sites (N-methyl/N-ethyl adjacent to an activating group) is 1. The number of amides is 1. The summed E-state index contributed by atoms with van der Waals surface area (Å²) in [7, 11) is 1.57. The fourth-order valence-electron chi connectivity index (χ4n) is 7.48. The standard InChI is InChI=1S/C52H101N2O6P/c1-6-8-10-12-14-16-18-20-22-24-25-26-27-28-29-30-31-33-35-37-39-41-43-45-51(55)50(49-60-61(57,58)59-48-47-54(3,4)5)53-52(56)46-44-42-40-38-36-34-32-23-21-19-17-15-13-11-9-7-2/h17,19,23,32,43,45,50-51,55H,6-16,18,20-22,24-31,33-42,44,46-49H2,1-5H3,(H-,53,56,57,58)/p+1/b19-17-,32-23-,45-43+. The highest BCUT2D eigenvalue weighted by Crippen LogP contribution is 2.43. The van der Waals surface area contributed by atoms with Gasteiger partial charge in [-0.15, -0.1) is 0 Å². The van der Waals surface area contributed by atoms with E-state index in [1.54, 1.807) is 6.08 Å². The maximum absolute atomic E-state index is 12.9. The van der Waals surface area contributed by atoms with E-state index in [0.717, 1.165) is 64.2 Å². The number of nitrogens with one attached hydrogen (secondary N) is 1. The zero-order valence-corrected chi connectivity index (χ0v) is 41.8. The Balaban J connectivity index is 4.30. The molecule has 0 heterocycles. The Morgan fingerprint density at radius 1 is 0.557 bits per heavy atom. The van der Waals surface area contributed by atoms with E-state index < -0.39 is 20.0 Å². The van der Waals surface area contributed by atoms with Crippen LogP contribution in [0.4, 0.5) is 0 Å². The number of carbonyl (C=O) groups is 1. The molecule has 0 spiro atoms. The smallest absolute Gasteiger partial charge is 0.387 e. The minimum absolute atomic E-state index is 0.0587. The van der Waals surface area contributed by atoms with Crippen molar-refractivity contribution in [3.63, 3.8) is 0 Å². The molecule has 1 amide bonds. The molecule has 0 aromatic heterocycles. The van der Waals surface area contributed by atoms with Crippen LogP contribution in [0.5, 0.6) is 0 Å². The first-order chi connectivity index (χ1) is 29.5. The molecule has 0 fully saturated rings. The number of aliphatic hydroxyl groups is 1. The van der Waals surface area contributed by atoms with Gasteiger partial charge in [-0.3, -0.25) is 13.8 Å². The van der Waals surface area contributed by atoms with Crippen molar-refractivity contribution in [3.05, 3.63) is 36.5 Å². The van der Waals surface area contributed by atoms with Crippen molar-refractivity contribution < 1.29 is 32.9 Å². The Hall–Kier alpha value is -1.28. The van der Waals surface area contributed by atoms with Gasteiger partial charge in [0, 0.05) is 6.42 Å². The average molecular weight is 882 g/mol. The molecule has 9 heteroatoms. The van der Waals surface area contributed by atoms with E-state index in [2.05, 4.69) is 43.5 Å². The van der Waals surface area contributed by atoms with Crippen molar-refractivity contribution in [2.75, 3.05) is 40.9 Å². The predicted octanol–water partition coefficient (Wildman–Crippen LogP) is 15.0. The van der Waals surface area contributed by atoms with E-state index in [1.165, 1.54) is 154 Å². The zero-order chi connectivity index (χ0) is 45.0. The van der Waals surface area contributed by atoms with Crippen molar-refractivity contribution in [2.45, 2.75) is 251 Å². The number of hydrogen-bond donors (Lipinski definition) is 3. The highest BCUT2D eigenvalue weighted by atomic mass is 31.2. The van der Waals surface area contributed by atoms with Crippen LogP contribution in [0, 0.1) is 0 Å². The van der Waals surface area contributed by atoms with Gasteiger partial charge in [0.1, 0.15) is 13.2 Å². The predicted molar refractivity (Wildman–Crippen MR) is 263 cm³/mol. The van der Waals surface area contributed by atoms with Crippen molar-refractivity contribution in [1.82, 2.24) is 5.32 Å². The second-order valence-electron chi connectivity index (χ2n) is 18.9. The number of allylic oxidation sites excluding steroid dienone is 5. The molecule has 8 nitrogen and oxygen atoms in total. The highest BCUT2D eigenvalue weighted by molar-refractivity contribution is 7.47. The van der Waals surface area contributed by atoms with Crippen LogP contribution >= 0.6 is 7.82 Å². The van der Waals surface area contributed by atoms with Gasteiger partial charge in [-0.05, 0) is 51.4 Å². The van der Waals surface area contributed by atoms with Gasteiger partial charge in [0.25, 0.3) is 0 Å². The molecular formula is C52H102N2O6P+. The van der Waals surface area contributed by atoms with Crippen molar-refractivity contribution in [3.8, 4) is 0 Å². The van der Waals surface area contributed by atoms with Crippen molar-refractivity contribution in [2.24, 2.45) is 0 Å². The van der Waals surface area contributed by atoms with Gasteiger partial charge in [0.15, 0.2) is 0 Å². The van der Waals surface area contributed by atoms with Crippen LogP contribution in [0.3, 0.4) is 0 Å². The first-order valence-electron chi connectivity index (χ1n) is 25.9. The molecule has 0 aromatic rings. The molecule has 360 valence electrons. The van der Waals surface area contributed by atoms with E-state index in [0.29, 0.717) is 17.4 Å². The minimum atomic E-state index is -4.35. The van der Waals surface area contributed by atoms with Crippen LogP contribution in [0.2, 0.25) is 0 Å². The van der Waals surface area contributed by atoms with E-state index in [-0.39, 0.29) is 19.1 Å². The van der Waals surface area contributed by atoms with Gasteiger partial charge in [-0.2, -0.15) is 0 Å². The molecule has 0 rings (SSSR count). The zero-order valence-electron chi connectivity index (χ0n) is 40.9. The van der Waals surface area contributed by atoms with Crippen LogP contribution in [-0.4, -0.2) is 73.4 Å². The van der Waals surface area contributed by atoms with Crippen molar-refractivity contribution in [1.29, 1.82) is 0 Å². The van der Waals surface area contributed by atoms with Gasteiger partial charge >= 0.3 is 7.82 Å². The van der Waals surface area contributed by atoms with Gasteiger partial charge in [-0.25, -0.2) is 4.57 Å². The summed E-state index contributed by atoms with van der Waals surface area (Å²) in [5.74, 6) is -0.189. The second-order valence-corrected chi connectivity index (χ2v) is 20.4. The minimum Gasteiger partial charge on any atom is -0.387 e. The lowest BCUT2D eigenvalue weighted by molar-refractivity contribution is -0.870. The molecule has 0 saturated carbocycles. The lowest BCUT2D eigenvalue weighted by Crippen LogP contribution is -2.45. The number of unbranched alkanes of at least 4 members (excludes halogenated alkanes) is 30. The highest BCUT2D eigenvalue weighted by Gasteiger charge is 2.27. The Kier molecular flexibility index (Phi) is 43.0. The Morgan fingerprint density at radius 3 is 1.36 bits per heavy atom. The summed E-state index contributed by atoms with van der Waals surface area (Å²) in [5.41, 5.74) is 0. The van der Waals surface area contributed by atoms with Gasteiger partial charge < -0.3 is 19.8 Å².